The van der Waals surface area contributed by atoms with Gasteiger partial charge in [0.25, 0.3) is 0 Å². The van der Waals surface area contributed by atoms with Crippen LogP contribution in [0.3, 0.4) is 0 Å². The van der Waals surface area contributed by atoms with E-state index in [9.17, 15) is 0 Å². The maximum atomic E-state index is 8.70. The standard InChI is InChI=1S/C9H12O.CH3NO/c1-2-8-3-5-9(7-10)6-4-8;2-1-3/h3-6,10H,2,7H2,1H3;1H,(H2,2,3). The highest BCUT2D eigenvalue weighted by Crippen LogP contribution is 2.03. The number of carbonyl (C=O) groups excluding carboxylic acids is 1. The van der Waals surface area contributed by atoms with Crippen molar-refractivity contribution in [3.8, 4) is 0 Å². The predicted octanol–water partition coefficient (Wildman–Crippen LogP) is 0.843. The van der Waals surface area contributed by atoms with E-state index in [2.05, 4.69) is 12.7 Å². The van der Waals surface area contributed by atoms with Gasteiger partial charge in [0, 0.05) is 0 Å². The summed E-state index contributed by atoms with van der Waals surface area (Å²) in [5.74, 6) is 0. The van der Waals surface area contributed by atoms with Crippen LogP contribution in [0.5, 0.6) is 0 Å². The van der Waals surface area contributed by atoms with Gasteiger partial charge in [-0.3, -0.25) is 4.79 Å². The zero-order valence-corrected chi connectivity index (χ0v) is 7.73. The van der Waals surface area contributed by atoms with Crippen molar-refractivity contribution in [1.29, 1.82) is 0 Å². The lowest BCUT2D eigenvalue weighted by Crippen LogP contribution is -1.83. The lowest BCUT2D eigenvalue weighted by Gasteiger charge is -1.97. The molecule has 0 saturated heterocycles. The Balaban J connectivity index is 0.000000424. The average Bonchev–Trinajstić information content (AvgIpc) is 2.19. The fourth-order valence-corrected chi connectivity index (χ4v) is 0.880. The normalized spacial score (nSPS) is 8.46. The number of aliphatic hydroxyl groups is 1. The third kappa shape index (κ3) is 4.98. The van der Waals surface area contributed by atoms with Gasteiger partial charge < -0.3 is 10.8 Å². The van der Waals surface area contributed by atoms with Gasteiger partial charge in [0.1, 0.15) is 0 Å². The summed E-state index contributed by atoms with van der Waals surface area (Å²) in [6.45, 7) is 2.26. The number of hydrogen-bond donors (Lipinski definition) is 2. The monoisotopic (exact) mass is 181 g/mol. The van der Waals surface area contributed by atoms with E-state index in [-0.39, 0.29) is 13.0 Å². The van der Waals surface area contributed by atoms with Gasteiger partial charge in [0.05, 0.1) is 6.61 Å². The van der Waals surface area contributed by atoms with Gasteiger partial charge in [-0.25, -0.2) is 0 Å². The maximum Gasteiger partial charge on any atom is 0.204 e. The van der Waals surface area contributed by atoms with E-state index < -0.39 is 0 Å². The van der Waals surface area contributed by atoms with Crippen LogP contribution in [-0.2, 0) is 17.8 Å². The second kappa shape index (κ2) is 7.31. The first-order valence-corrected chi connectivity index (χ1v) is 4.12. The molecule has 1 amide bonds. The van der Waals surface area contributed by atoms with Crippen molar-refractivity contribution in [3.63, 3.8) is 0 Å². The van der Waals surface area contributed by atoms with Gasteiger partial charge in [-0.2, -0.15) is 0 Å². The smallest absolute Gasteiger partial charge is 0.204 e. The van der Waals surface area contributed by atoms with Crippen LogP contribution in [0, 0.1) is 0 Å². The van der Waals surface area contributed by atoms with Crippen LogP contribution in [0.15, 0.2) is 24.3 Å². The summed E-state index contributed by atoms with van der Waals surface area (Å²) in [6.07, 6.45) is 1.31. The molecule has 13 heavy (non-hydrogen) atoms. The van der Waals surface area contributed by atoms with Crippen LogP contribution in [0.25, 0.3) is 0 Å². The molecule has 0 saturated carbocycles. The van der Waals surface area contributed by atoms with Gasteiger partial charge in [-0.05, 0) is 17.5 Å². The molecule has 0 radical (unpaired) electrons. The van der Waals surface area contributed by atoms with Gasteiger partial charge in [-0.15, -0.1) is 0 Å². The second-order valence-electron chi connectivity index (χ2n) is 2.46. The Kier molecular flexibility index (Phi) is 6.55. The third-order valence-electron chi connectivity index (χ3n) is 1.61. The first-order valence-electron chi connectivity index (χ1n) is 4.12. The largest absolute Gasteiger partial charge is 0.392 e. The molecule has 3 N–H and O–H groups in total. The molecule has 1 aromatic carbocycles. The molecule has 3 heteroatoms. The zero-order valence-electron chi connectivity index (χ0n) is 7.73. The summed E-state index contributed by atoms with van der Waals surface area (Å²) >= 11 is 0. The van der Waals surface area contributed by atoms with E-state index in [1.165, 1.54) is 5.56 Å². The highest BCUT2D eigenvalue weighted by atomic mass is 16.3. The van der Waals surface area contributed by atoms with Crippen LogP contribution < -0.4 is 5.73 Å². The molecule has 1 aromatic rings. The molecule has 0 aliphatic rings. The van der Waals surface area contributed by atoms with Crippen molar-refractivity contribution in [2.24, 2.45) is 5.73 Å². The summed E-state index contributed by atoms with van der Waals surface area (Å²) in [5.41, 5.74) is 6.47. The van der Waals surface area contributed by atoms with Crippen LogP contribution >= 0.6 is 0 Å². The van der Waals surface area contributed by atoms with Crippen LogP contribution in [-0.4, -0.2) is 11.5 Å². The number of nitrogens with two attached hydrogens (primary N) is 1. The van der Waals surface area contributed by atoms with Crippen molar-refractivity contribution in [3.05, 3.63) is 35.4 Å². The molecular weight excluding hydrogens is 166 g/mol. The van der Waals surface area contributed by atoms with Crippen LogP contribution in [0.1, 0.15) is 18.1 Å². The minimum absolute atomic E-state index is 0.143. The Morgan fingerprint density at radius 3 is 2.00 bits per heavy atom. The molecule has 1 rings (SSSR count). The molecular formula is C10H15NO2. The SMILES string of the molecule is CCc1ccc(CO)cc1.NC=O. The molecule has 0 bridgehead atoms. The van der Waals surface area contributed by atoms with Crippen LogP contribution in [0.2, 0.25) is 0 Å². The molecule has 0 atom stereocenters. The molecule has 0 fully saturated rings. The number of amides is 1. The first kappa shape index (κ1) is 11.6. The zero-order chi connectivity index (χ0) is 10.1. The molecule has 0 heterocycles. The van der Waals surface area contributed by atoms with Gasteiger partial charge in [0.2, 0.25) is 6.41 Å². The second-order valence-corrected chi connectivity index (χ2v) is 2.46. The summed E-state index contributed by atoms with van der Waals surface area (Å²) in [7, 11) is 0. The molecule has 72 valence electrons. The predicted molar refractivity (Wildman–Crippen MR) is 52.0 cm³/mol. The topological polar surface area (TPSA) is 63.3 Å². The minimum atomic E-state index is 0.143. The maximum absolute atomic E-state index is 8.70. The Morgan fingerprint density at radius 1 is 1.31 bits per heavy atom. The summed E-state index contributed by atoms with van der Waals surface area (Å²) < 4.78 is 0. The Hall–Kier alpha value is -1.35. The number of primary amides is 1. The van der Waals surface area contributed by atoms with Crippen molar-refractivity contribution < 1.29 is 9.90 Å². The van der Waals surface area contributed by atoms with E-state index in [0.29, 0.717) is 0 Å². The number of benzene rings is 1. The van der Waals surface area contributed by atoms with E-state index in [0.717, 1.165) is 12.0 Å². The van der Waals surface area contributed by atoms with Gasteiger partial charge in [-0.1, -0.05) is 31.2 Å². The highest BCUT2D eigenvalue weighted by Gasteiger charge is 1.89. The number of aliphatic hydroxyl groups excluding tert-OH is 1. The lowest BCUT2D eigenvalue weighted by molar-refractivity contribution is -0.106. The van der Waals surface area contributed by atoms with Gasteiger partial charge >= 0.3 is 0 Å². The summed E-state index contributed by atoms with van der Waals surface area (Å²) in [4.78, 5) is 8.58. The molecule has 0 aliphatic heterocycles. The van der Waals surface area contributed by atoms with E-state index in [1.807, 2.05) is 24.3 Å². The number of aryl methyl sites for hydroxylation is 1. The van der Waals surface area contributed by atoms with Crippen molar-refractivity contribution in [2.75, 3.05) is 0 Å². The number of rotatable bonds is 2. The summed E-state index contributed by atoms with van der Waals surface area (Å²) in [6, 6.07) is 8.01. The van der Waals surface area contributed by atoms with Crippen molar-refractivity contribution >= 4 is 6.41 Å². The number of carbonyl (C=O) groups is 1. The molecule has 0 unspecified atom stereocenters. The molecule has 3 nitrogen and oxygen atoms in total. The number of hydrogen-bond acceptors (Lipinski definition) is 2. The average molecular weight is 181 g/mol. The third-order valence-corrected chi connectivity index (χ3v) is 1.61. The fraction of sp³-hybridized carbons (Fsp3) is 0.300. The quantitative estimate of drug-likeness (QED) is 0.664. The van der Waals surface area contributed by atoms with Gasteiger partial charge in [0.15, 0.2) is 0 Å². The summed E-state index contributed by atoms with van der Waals surface area (Å²) in [5, 5.41) is 8.70. The first-order chi connectivity index (χ1) is 6.28. The Labute approximate surface area is 78.2 Å². The van der Waals surface area contributed by atoms with E-state index >= 15 is 0 Å². The van der Waals surface area contributed by atoms with E-state index in [4.69, 9.17) is 9.90 Å². The van der Waals surface area contributed by atoms with E-state index in [1.54, 1.807) is 0 Å². The Morgan fingerprint density at radius 2 is 1.69 bits per heavy atom. The highest BCUT2D eigenvalue weighted by molar-refractivity contribution is 5.42. The van der Waals surface area contributed by atoms with Crippen molar-refractivity contribution in [2.45, 2.75) is 20.0 Å². The molecule has 0 aliphatic carbocycles. The minimum Gasteiger partial charge on any atom is -0.392 e. The molecule has 0 spiro atoms. The lowest BCUT2D eigenvalue weighted by atomic mass is 10.1. The Bertz CT molecular complexity index is 208. The van der Waals surface area contributed by atoms with Crippen molar-refractivity contribution in [1.82, 2.24) is 0 Å². The van der Waals surface area contributed by atoms with Crippen LogP contribution in [0.4, 0.5) is 0 Å². The molecule has 0 aromatic heterocycles. The fourth-order valence-electron chi connectivity index (χ4n) is 0.880.